The van der Waals surface area contributed by atoms with E-state index in [1.807, 2.05) is 27.7 Å². The number of hydrogen-bond donors (Lipinski definition) is 1. The molecule has 0 atom stereocenters. The highest BCUT2D eigenvalue weighted by atomic mass is 32.2. The van der Waals surface area contributed by atoms with E-state index in [0.29, 0.717) is 5.69 Å². The fourth-order valence-electron chi connectivity index (χ4n) is 0.941. The molecule has 0 fully saturated rings. The molecular formula is C11H22N4O2S. The quantitative estimate of drug-likeness (QED) is 0.855. The average molecular weight is 274 g/mol. The maximum absolute atomic E-state index is 11.2. The van der Waals surface area contributed by atoms with Crippen LogP contribution in [0.25, 0.3) is 6.08 Å². The Labute approximate surface area is 109 Å². The van der Waals surface area contributed by atoms with Crippen molar-refractivity contribution >= 4 is 22.3 Å². The fourth-order valence-corrected chi connectivity index (χ4v) is 1.62. The molecule has 0 saturated carbocycles. The van der Waals surface area contributed by atoms with Crippen molar-refractivity contribution in [3.8, 4) is 0 Å². The molecule has 104 valence electrons. The van der Waals surface area contributed by atoms with Gasteiger partial charge in [-0.15, -0.1) is 9.19 Å². The molecule has 1 aromatic heterocycles. The summed E-state index contributed by atoms with van der Waals surface area (Å²) in [5, 5.41) is 14.0. The Balaban J connectivity index is 0. The Morgan fingerprint density at radius 3 is 2.06 bits per heavy atom. The van der Waals surface area contributed by atoms with Gasteiger partial charge in [0.25, 0.3) is 10.0 Å². The predicted octanol–water partition coefficient (Wildman–Crippen LogP) is 2.17. The predicted molar refractivity (Wildman–Crippen MR) is 75.6 cm³/mol. The molecule has 0 aliphatic heterocycles. The summed E-state index contributed by atoms with van der Waals surface area (Å²) in [6.07, 6.45) is 5.20. The summed E-state index contributed by atoms with van der Waals surface area (Å²) in [6, 6.07) is 0. The molecule has 0 aromatic carbocycles. The van der Waals surface area contributed by atoms with E-state index in [1.165, 1.54) is 0 Å². The highest BCUT2D eigenvalue weighted by Gasteiger charge is 2.15. The monoisotopic (exact) mass is 274 g/mol. The largest absolute Gasteiger partial charge is 0.306 e. The zero-order valence-corrected chi connectivity index (χ0v) is 12.6. The van der Waals surface area contributed by atoms with E-state index < -0.39 is 10.0 Å². The van der Waals surface area contributed by atoms with Gasteiger partial charge in [-0.1, -0.05) is 39.0 Å². The normalized spacial score (nSPS) is 10.1. The molecule has 1 heterocycles. The van der Waals surface area contributed by atoms with Gasteiger partial charge in [-0.05, 0) is 13.0 Å². The van der Waals surface area contributed by atoms with Crippen LogP contribution in [0.5, 0.6) is 0 Å². The lowest BCUT2D eigenvalue weighted by molar-refractivity contribution is 0.583. The van der Waals surface area contributed by atoms with E-state index in [9.17, 15) is 8.42 Å². The van der Waals surface area contributed by atoms with Gasteiger partial charge in [0.2, 0.25) is 0 Å². The van der Waals surface area contributed by atoms with Crippen LogP contribution in [-0.2, 0) is 10.0 Å². The maximum atomic E-state index is 11.2. The first-order chi connectivity index (χ1) is 8.50. The molecule has 1 aromatic rings. The van der Waals surface area contributed by atoms with Crippen molar-refractivity contribution in [3.05, 3.63) is 17.5 Å². The first kappa shape index (κ1) is 18.9. The SMILES string of the molecule is C/C=C\c1c(C=N)nnn1S(C)(=O)=O.CC.CC. The van der Waals surface area contributed by atoms with Gasteiger partial charge in [-0.25, -0.2) is 8.42 Å². The summed E-state index contributed by atoms with van der Waals surface area (Å²) in [5.41, 5.74) is 0.526. The lowest BCUT2D eigenvalue weighted by Gasteiger charge is -1.98. The van der Waals surface area contributed by atoms with Crippen LogP contribution < -0.4 is 0 Å². The number of hydrogen-bond acceptors (Lipinski definition) is 5. The number of allylic oxidation sites excluding steroid dienone is 1. The molecule has 0 spiro atoms. The molecule has 0 amide bonds. The molecule has 0 aliphatic carbocycles. The highest BCUT2D eigenvalue weighted by molar-refractivity contribution is 7.89. The van der Waals surface area contributed by atoms with Crippen LogP contribution in [-0.4, -0.2) is 35.3 Å². The molecule has 1 N–H and O–H groups in total. The van der Waals surface area contributed by atoms with Crippen LogP contribution >= 0.6 is 0 Å². The Bertz CT molecular complexity index is 475. The number of rotatable bonds is 3. The molecular weight excluding hydrogens is 252 g/mol. The summed E-state index contributed by atoms with van der Waals surface area (Å²) in [4.78, 5) is 0. The van der Waals surface area contributed by atoms with Gasteiger partial charge in [-0.2, -0.15) is 0 Å². The summed E-state index contributed by atoms with van der Waals surface area (Å²) in [5.74, 6) is 0. The minimum atomic E-state index is -3.46. The Morgan fingerprint density at radius 2 is 1.72 bits per heavy atom. The van der Waals surface area contributed by atoms with Crippen molar-refractivity contribution in [3.63, 3.8) is 0 Å². The summed E-state index contributed by atoms with van der Waals surface area (Å²) in [6.45, 7) is 9.74. The van der Waals surface area contributed by atoms with Crippen molar-refractivity contribution in [2.45, 2.75) is 34.6 Å². The van der Waals surface area contributed by atoms with Crippen LogP contribution in [0, 0.1) is 5.41 Å². The van der Waals surface area contributed by atoms with Crippen molar-refractivity contribution in [1.82, 2.24) is 14.4 Å². The van der Waals surface area contributed by atoms with Crippen LogP contribution in [0.3, 0.4) is 0 Å². The van der Waals surface area contributed by atoms with E-state index in [2.05, 4.69) is 10.3 Å². The van der Waals surface area contributed by atoms with Gasteiger partial charge >= 0.3 is 0 Å². The maximum Gasteiger partial charge on any atom is 0.252 e. The Hall–Kier alpha value is -1.50. The van der Waals surface area contributed by atoms with Crippen LogP contribution in [0.2, 0.25) is 0 Å². The molecule has 0 saturated heterocycles. The molecule has 18 heavy (non-hydrogen) atoms. The molecule has 1 rings (SSSR count). The van der Waals surface area contributed by atoms with Crippen molar-refractivity contribution in [2.24, 2.45) is 0 Å². The van der Waals surface area contributed by atoms with E-state index >= 15 is 0 Å². The average Bonchev–Trinajstić information content (AvgIpc) is 2.77. The van der Waals surface area contributed by atoms with E-state index in [4.69, 9.17) is 5.41 Å². The lowest BCUT2D eigenvalue weighted by atomic mass is 10.3. The van der Waals surface area contributed by atoms with E-state index in [-0.39, 0.29) is 5.69 Å². The van der Waals surface area contributed by atoms with Crippen molar-refractivity contribution < 1.29 is 8.42 Å². The lowest BCUT2D eigenvalue weighted by Crippen LogP contribution is -2.13. The summed E-state index contributed by atoms with van der Waals surface area (Å²) < 4.78 is 23.2. The Morgan fingerprint density at radius 1 is 1.22 bits per heavy atom. The fraction of sp³-hybridized carbons (Fsp3) is 0.545. The Kier molecular flexibility index (Phi) is 9.97. The topological polar surface area (TPSA) is 88.7 Å². The van der Waals surface area contributed by atoms with Crippen LogP contribution in [0.15, 0.2) is 6.08 Å². The standard InChI is InChI=1S/C7H10N4O2S.2C2H6/c1-3-4-7-6(5-8)9-10-11(7)14(2,12)13;2*1-2/h3-5,8H,1-2H3;2*1-2H3/b4-3-,8-5?;;. The smallest absolute Gasteiger partial charge is 0.252 e. The second kappa shape index (κ2) is 9.52. The molecule has 0 unspecified atom stereocenters. The summed E-state index contributed by atoms with van der Waals surface area (Å²) >= 11 is 0. The number of nitrogens with one attached hydrogen (secondary N) is 1. The zero-order chi connectivity index (χ0) is 14.8. The second-order valence-corrected chi connectivity index (χ2v) is 4.42. The first-order valence-corrected chi connectivity index (χ1v) is 7.65. The molecule has 0 aliphatic rings. The van der Waals surface area contributed by atoms with Crippen molar-refractivity contribution in [1.29, 1.82) is 5.41 Å². The van der Waals surface area contributed by atoms with E-state index in [0.717, 1.165) is 16.6 Å². The zero-order valence-electron chi connectivity index (χ0n) is 11.8. The van der Waals surface area contributed by atoms with Gasteiger partial charge in [0.1, 0.15) is 11.4 Å². The summed E-state index contributed by atoms with van der Waals surface area (Å²) in [7, 11) is -3.46. The van der Waals surface area contributed by atoms with Gasteiger partial charge in [-0.3, -0.25) is 0 Å². The third-order valence-corrected chi connectivity index (χ3v) is 2.38. The van der Waals surface area contributed by atoms with Gasteiger partial charge in [0, 0.05) is 6.21 Å². The molecule has 7 heteroatoms. The van der Waals surface area contributed by atoms with E-state index in [1.54, 1.807) is 19.1 Å². The van der Waals surface area contributed by atoms with Crippen molar-refractivity contribution in [2.75, 3.05) is 6.26 Å². The first-order valence-electron chi connectivity index (χ1n) is 5.80. The molecule has 0 bridgehead atoms. The minimum absolute atomic E-state index is 0.230. The van der Waals surface area contributed by atoms with Gasteiger partial charge < -0.3 is 5.41 Å². The molecule has 6 nitrogen and oxygen atoms in total. The minimum Gasteiger partial charge on any atom is -0.306 e. The second-order valence-electron chi connectivity index (χ2n) is 2.61. The third-order valence-electron chi connectivity index (χ3n) is 1.48. The highest BCUT2D eigenvalue weighted by Crippen LogP contribution is 2.07. The number of aromatic nitrogens is 3. The number of nitrogens with zero attached hydrogens (tertiary/aromatic N) is 3. The third kappa shape index (κ3) is 5.22. The molecule has 0 radical (unpaired) electrons. The van der Waals surface area contributed by atoms with Crippen LogP contribution in [0.1, 0.15) is 46.0 Å². The van der Waals surface area contributed by atoms with Gasteiger partial charge in [0.15, 0.2) is 0 Å². The van der Waals surface area contributed by atoms with Gasteiger partial charge in [0.05, 0.1) is 6.26 Å². The van der Waals surface area contributed by atoms with Crippen LogP contribution in [0.4, 0.5) is 0 Å².